The topological polar surface area (TPSA) is 58.4 Å². The number of nitrogens with one attached hydrogen (secondary N) is 1. The van der Waals surface area contributed by atoms with Crippen molar-refractivity contribution in [2.24, 2.45) is 11.1 Å². The highest BCUT2D eigenvalue weighted by Gasteiger charge is 2.42. The molecule has 0 radical (unpaired) electrons. The Morgan fingerprint density at radius 3 is 2.74 bits per heavy atom. The Kier molecular flexibility index (Phi) is 4.60. The first kappa shape index (κ1) is 14.5. The molecule has 2 rings (SSSR count). The van der Waals surface area contributed by atoms with Crippen molar-refractivity contribution in [1.29, 1.82) is 0 Å². The molecule has 1 aliphatic carbocycles. The van der Waals surface area contributed by atoms with Gasteiger partial charge in [0.15, 0.2) is 0 Å². The van der Waals surface area contributed by atoms with Gasteiger partial charge in [0.05, 0.1) is 11.5 Å². The number of nitrogens with two attached hydrogens (primary N) is 1. The minimum Gasteiger partial charge on any atom is -0.354 e. The summed E-state index contributed by atoms with van der Waals surface area (Å²) in [4.78, 5) is 15.7. The van der Waals surface area contributed by atoms with Crippen LogP contribution >= 0.6 is 11.3 Å². The second-order valence-electron chi connectivity index (χ2n) is 5.54. The van der Waals surface area contributed by atoms with E-state index in [-0.39, 0.29) is 17.4 Å². The Labute approximate surface area is 119 Å². The molecule has 1 heterocycles. The number of hydrogen-bond donors (Lipinski definition) is 2. The molecule has 3 N–H and O–H groups in total. The van der Waals surface area contributed by atoms with Crippen LogP contribution in [0, 0.1) is 5.41 Å². The fourth-order valence-electron chi connectivity index (χ4n) is 2.52. The molecule has 4 nitrogen and oxygen atoms in total. The van der Waals surface area contributed by atoms with Crippen molar-refractivity contribution in [2.75, 3.05) is 27.2 Å². The van der Waals surface area contributed by atoms with Crippen molar-refractivity contribution < 1.29 is 4.79 Å². The summed E-state index contributed by atoms with van der Waals surface area (Å²) < 4.78 is 0. The van der Waals surface area contributed by atoms with E-state index >= 15 is 0 Å². The summed E-state index contributed by atoms with van der Waals surface area (Å²) in [6.45, 7) is 1.11. The molecule has 1 unspecified atom stereocenters. The van der Waals surface area contributed by atoms with Crippen molar-refractivity contribution >= 4 is 17.2 Å². The van der Waals surface area contributed by atoms with Crippen LogP contribution in [-0.4, -0.2) is 38.0 Å². The first-order chi connectivity index (χ1) is 9.09. The Morgan fingerprint density at radius 2 is 2.32 bits per heavy atom. The van der Waals surface area contributed by atoms with Crippen LogP contribution in [0.3, 0.4) is 0 Å². The normalized spacial score (nSPS) is 18.9. The Hall–Kier alpha value is -0.910. The minimum atomic E-state index is -0.285. The standard InChI is InChI=1S/C14H23N3OS/c1-17(2)11(12-5-3-8-19-12)9-16-13(18)14(10-15)6-4-7-14/h3,5,8,11H,4,6-7,9-10,15H2,1-2H3,(H,16,18). The highest BCUT2D eigenvalue weighted by atomic mass is 32.1. The average Bonchev–Trinajstić information content (AvgIpc) is 2.81. The van der Waals surface area contributed by atoms with E-state index in [0.717, 1.165) is 19.3 Å². The maximum atomic E-state index is 12.3. The van der Waals surface area contributed by atoms with Gasteiger partial charge in [-0.15, -0.1) is 11.3 Å². The molecule has 0 aliphatic heterocycles. The average molecular weight is 281 g/mol. The van der Waals surface area contributed by atoms with Gasteiger partial charge in [0.2, 0.25) is 5.91 Å². The number of amides is 1. The Morgan fingerprint density at radius 1 is 1.58 bits per heavy atom. The maximum absolute atomic E-state index is 12.3. The monoisotopic (exact) mass is 281 g/mol. The molecule has 5 heteroatoms. The highest BCUT2D eigenvalue weighted by Crippen LogP contribution is 2.40. The third kappa shape index (κ3) is 2.99. The summed E-state index contributed by atoms with van der Waals surface area (Å²) in [5.74, 6) is 0.129. The molecule has 106 valence electrons. The van der Waals surface area contributed by atoms with Crippen LogP contribution in [-0.2, 0) is 4.79 Å². The zero-order chi connectivity index (χ0) is 13.9. The second kappa shape index (κ2) is 6.03. The van der Waals surface area contributed by atoms with Gasteiger partial charge >= 0.3 is 0 Å². The SMILES string of the molecule is CN(C)C(CNC(=O)C1(CN)CCC1)c1cccs1. The molecule has 1 aromatic heterocycles. The van der Waals surface area contributed by atoms with E-state index in [0.29, 0.717) is 13.1 Å². The lowest BCUT2D eigenvalue weighted by Crippen LogP contribution is -2.51. The van der Waals surface area contributed by atoms with Gasteiger partial charge < -0.3 is 16.0 Å². The Bertz CT molecular complexity index is 407. The van der Waals surface area contributed by atoms with Crippen molar-refractivity contribution in [1.82, 2.24) is 10.2 Å². The zero-order valence-electron chi connectivity index (χ0n) is 11.7. The summed E-state index contributed by atoms with van der Waals surface area (Å²) in [6.07, 6.45) is 2.98. The molecule has 1 saturated carbocycles. The number of carbonyl (C=O) groups excluding carboxylic acids is 1. The lowest BCUT2D eigenvalue weighted by Gasteiger charge is -2.39. The van der Waals surface area contributed by atoms with E-state index < -0.39 is 0 Å². The van der Waals surface area contributed by atoms with E-state index in [4.69, 9.17) is 5.73 Å². The number of thiophene rings is 1. The fourth-order valence-corrected chi connectivity index (χ4v) is 3.45. The van der Waals surface area contributed by atoms with Crippen molar-refractivity contribution in [3.8, 4) is 0 Å². The predicted octanol–water partition coefficient (Wildman–Crippen LogP) is 1.60. The van der Waals surface area contributed by atoms with Crippen molar-refractivity contribution in [3.63, 3.8) is 0 Å². The number of rotatable bonds is 6. The van der Waals surface area contributed by atoms with Gasteiger partial charge in [0.1, 0.15) is 0 Å². The van der Waals surface area contributed by atoms with Gasteiger partial charge in [0.25, 0.3) is 0 Å². The van der Waals surface area contributed by atoms with E-state index in [2.05, 4.69) is 21.7 Å². The number of carbonyl (C=O) groups is 1. The molecule has 0 aromatic carbocycles. The van der Waals surface area contributed by atoms with Gasteiger partial charge in [-0.3, -0.25) is 4.79 Å². The molecule has 1 amide bonds. The quantitative estimate of drug-likeness (QED) is 0.832. The molecular formula is C14H23N3OS. The zero-order valence-corrected chi connectivity index (χ0v) is 12.5. The van der Waals surface area contributed by atoms with Gasteiger partial charge in [-0.1, -0.05) is 12.5 Å². The summed E-state index contributed by atoms with van der Waals surface area (Å²) >= 11 is 1.73. The smallest absolute Gasteiger partial charge is 0.227 e. The van der Waals surface area contributed by atoms with E-state index in [9.17, 15) is 4.79 Å². The molecular weight excluding hydrogens is 258 g/mol. The van der Waals surface area contributed by atoms with Crippen LogP contribution in [0.4, 0.5) is 0 Å². The van der Waals surface area contributed by atoms with Crippen LogP contribution in [0.5, 0.6) is 0 Å². The van der Waals surface area contributed by atoms with Gasteiger partial charge in [0, 0.05) is 18.0 Å². The largest absolute Gasteiger partial charge is 0.354 e. The third-order valence-corrected chi connectivity index (χ3v) is 5.11. The van der Waals surface area contributed by atoms with Crippen LogP contribution in [0.1, 0.15) is 30.2 Å². The minimum absolute atomic E-state index is 0.129. The molecule has 1 aliphatic rings. The molecule has 1 aromatic rings. The predicted molar refractivity (Wildman–Crippen MR) is 79.1 cm³/mol. The van der Waals surface area contributed by atoms with E-state index in [1.54, 1.807) is 11.3 Å². The number of hydrogen-bond acceptors (Lipinski definition) is 4. The van der Waals surface area contributed by atoms with Crippen molar-refractivity contribution in [3.05, 3.63) is 22.4 Å². The van der Waals surface area contributed by atoms with E-state index in [1.807, 2.05) is 20.2 Å². The summed E-state index contributed by atoms with van der Waals surface area (Å²) in [5, 5.41) is 5.16. The van der Waals surface area contributed by atoms with Crippen molar-refractivity contribution in [2.45, 2.75) is 25.3 Å². The molecule has 1 fully saturated rings. The molecule has 0 bridgehead atoms. The lowest BCUT2D eigenvalue weighted by atomic mass is 9.68. The summed E-state index contributed by atoms with van der Waals surface area (Å²) in [7, 11) is 4.08. The maximum Gasteiger partial charge on any atom is 0.227 e. The molecule has 0 saturated heterocycles. The van der Waals surface area contributed by atoms with Gasteiger partial charge in [-0.25, -0.2) is 0 Å². The second-order valence-corrected chi connectivity index (χ2v) is 6.52. The highest BCUT2D eigenvalue weighted by molar-refractivity contribution is 7.10. The van der Waals surface area contributed by atoms with Crippen LogP contribution in [0.15, 0.2) is 17.5 Å². The van der Waals surface area contributed by atoms with Crippen LogP contribution < -0.4 is 11.1 Å². The molecule has 1 atom stereocenters. The molecule has 19 heavy (non-hydrogen) atoms. The lowest BCUT2D eigenvalue weighted by molar-refractivity contribution is -0.135. The van der Waals surface area contributed by atoms with Crippen LogP contribution in [0.25, 0.3) is 0 Å². The summed E-state index contributed by atoms with van der Waals surface area (Å²) in [5.41, 5.74) is 5.48. The summed E-state index contributed by atoms with van der Waals surface area (Å²) in [6, 6.07) is 4.40. The first-order valence-corrected chi connectivity index (χ1v) is 7.65. The third-order valence-electron chi connectivity index (χ3n) is 4.13. The van der Waals surface area contributed by atoms with E-state index in [1.165, 1.54) is 4.88 Å². The van der Waals surface area contributed by atoms with Gasteiger partial charge in [-0.2, -0.15) is 0 Å². The Balaban J connectivity index is 1.94. The molecule has 0 spiro atoms. The number of nitrogens with zero attached hydrogens (tertiary/aromatic N) is 1. The number of likely N-dealkylation sites (N-methyl/N-ethyl adjacent to an activating group) is 1. The fraction of sp³-hybridized carbons (Fsp3) is 0.643. The first-order valence-electron chi connectivity index (χ1n) is 6.77. The van der Waals surface area contributed by atoms with Crippen LogP contribution in [0.2, 0.25) is 0 Å². The van der Waals surface area contributed by atoms with Gasteiger partial charge in [-0.05, 0) is 38.4 Å².